The van der Waals surface area contributed by atoms with Crippen LogP contribution in [0, 0.1) is 5.82 Å². The molecule has 3 N–H and O–H groups in total. The Hall–Kier alpha value is -2.72. The van der Waals surface area contributed by atoms with E-state index in [0.717, 1.165) is 10.8 Å². The molecule has 3 atom stereocenters. The highest BCUT2D eigenvalue weighted by atomic mass is 19.1. The molecule has 0 amide bonds. The van der Waals surface area contributed by atoms with Gasteiger partial charge in [-0.25, -0.2) is 4.79 Å². The number of H-pyrrole nitrogens is 2. The van der Waals surface area contributed by atoms with Gasteiger partial charge in [0.1, 0.15) is 18.4 Å². The van der Waals surface area contributed by atoms with E-state index >= 15 is 0 Å². The molecule has 128 valence electrons. The summed E-state index contributed by atoms with van der Waals surface area (Å²) in [5.41, 5.74) is -2.32. The van der Waals surface area contributed by atoms with Crippen molar-refractivity contribution in [2.45, 2.75) is 24.9 Å². The second-order valence-corrected chi connectivity index (χ2v) is 5.23. The van der Waals surface area contributed by atoms with E-state index in [9.17, 15) is 23.9 Å². The van der Waals surface area contributed by atoms with Gasteiger partial charge in [0, 0.05) is 12.5 Å². The third-order valence-corrected chi connectivity index (χ3v) is 3.61. The highest BCUT2D eigenvalue weighted by Gasteiger charge is 2.38. The summed E-state index contributed by atoms with van der Waals surface area (Å²) < 4.78 is 25.4. The lowest BCUT2D eigenvalue weighted by Crippen LogP contribution is -2.34. The number of hydrogen-bond acceptors (Lipinski definition) is 6. The summed E-state index contributed by atoms with van der Waals surface area (Å²) in [6.45, 7) is -0.404. The maximum Gasteiger partial charge on any atom is 0.330 e. The van der Waals surface area contributed by atoms with E-state index in [1.807, 2.05) is 4.98 Å². The van der Waals surface area contributed by atoms with Crippen molar-refractivity contribution >= 4 is 0 Å². The number of ether oxygens (including phenoxy) is 2. The predicted molar refractivity (Wildman–Crippen MR) is 78.4 cm³/mol. The van der Waals surface area contributed by atoms with Crippen LogP contribution >= 0.6 is 0 Å². The lowest BCUT2D eigenvalue weighted by atomic mass is 10.2. The maximum atomic E-state index is 13.4. The molecule has 0 aromatic carbocycles. The molecule has 24 heavy (non-hydrogen) atoms. The minimum absolute atomic E-state index is 0.105. The first-order valence-electron chi connectivity index (χ1n) is 7.11. The van der Waals surface area contributed by atoms with E-state index in [2.05, 4.69) is 4.98 Å². The first-order valence-corrected chi connectivity index (χ1v) is 7.11. The minimum atomic E-state index is -1.13. The van der Waals surface area contributed by atoms with Crippen molar-refractivity contribution in [2.24, 2.45) is 0 Å². The van der Waals surface area contributed by atoms with Gasteiger partial charge in [-0.2, -0.15) is 4.39 Å². The maximum absolute atomic E-state index is 13.4. The fraction of sp³-hybridized carbons (Fsp3) is 0.357. The molecule has 10 heteroatoms. The Bertz CT molecular complexity index is 904. The zero-order valence-electron chi connectivity index (χ0n) is 12.3. The van der Waals surface area contributed by atoms with Gasteiger partial charge in [-0.3, -0.25) is 24.1 Å². The topological polar surface area (TPSA) is 126 Å². The van der Waals surface area contributed by atoms with Crippen molar-refractivity contribution in [3.05, 3.63) is 61.4 Å². The number of aromatic amines is 2. The van der Waals surface area contributed by atoms with Crippen molar-refractivity contribution < 1.29 is 19.0 Å². The molecule has 0 radical (unpaired) electrons. The van der Waals surface area contributed by atoms with E-state index in [-0.39, 0.29) is 17.9 Å². The van der Waals surface area contributed by atoms with Gasteiger partial charge in [-0.15, -0.1) is 0 Å². The van der Waals surface area contributed by atoms with Crippen molar-refractivity contribution in [2.75, 3.05) is 6.61 Å². The van der Waals surface area contributed by atoms with Gasteiger partial charge in [-0.05, 0) is 6.07 Å². The molecule has 1 aliphatic rings. The van der Waals surface area contributed by atoms with Crippen LogP contribution < -0.4 is 21.5 Å². The van der Waals surface area contributed by atoms with Gasteiger partial charge < -0.3 is 14.6 Å². The predicted octanol–water partition coefficient (Wildman–Crippen LogP) is -0.909. The average Bonchev–Trinajstić information content (AvgIpc) is 2.93. The van der Waals surface area contributed by atoms with Crippen LogP contribution in [0.25, 0.3) is 0 Å². The Morgan fingerprint density at radius 3 is 2.83 bits per heavy atom. The molecule has 0 aliphatic carbocycles. The van der Waals surface area contributed by atoms with Crippen molar-refractivity contribution in [1.29, 1.82) is 0 Å². The number of pyridine rings is 1. The normalized spacial score (nSPS) is 23.3. The number of hydrogen-bond donors (Lipinski definition) is 3. The van der Waals surface area contributed by atoms with Crippen LogP contribution in [0.3, 0.4) is 0 Å². The summed E-state index contributed by atoms with van der Waals surface area (Å²) in [5.74, 6) is -0.953. The highest BCUT2D eigenvalue weighted by molar-refractivity contribution is 5.10. The molecule has 1 fully saturated rings. The van der Waals surface area contributed by atoms with Gasteiger partial charge >= 0.3 is 5.69 Å². The smallest absolute Gasteiger partial charge is 0.330 e. The van der Waals surface area contributed by atoms with Gasteiger partial charge in [0.05, 0.1) is 12.8 Å². The summed E-state index contributed by atoms with van der Waals surface area (Å²) in [4.78, 5) is 38.5. The first-order chi connectivity index (χ1) is 11.5. The molecule has 2 aromatic heterocycles. The highest BCUT2D eigenvalue weighted by Crippen LogP contribution is 2.30. The lowest BCUT2D eigenvalue weighted by molar-refractivity contribution is -0.0429. The van der Waals surface area contributed by atoms with E-state index in [1.54, 1.807) is 0 Å². The second-order valence-electron chi connectivity index (χ2n) is 5.23. The summed E-state index contributed by atoms with van der Waals surface area (Å²) >= 11 is 0. The molecule has 1 unspecified atom stereocenters. The fourth-order valence-corrected chi connectivity index (χ4v) is 2.49. The molecule has 3 rings (SSSR count). The summed E-state index contributed by atoms with van der Waals surface area (Å²) in [7, 11) is 0. The third-order valence-electron chi connectivity index (χ3n) is 3.61. The molecule has 0 spiro atoms. The first kappa shape index (κ1) is 16.1. The van der Waals surface area contributed by atoms with Gasteiger partial charge in [-0.1, -0.05) is 6.07 Å². The molecule has 3 heterocycles. The SMILES string of the molecule is O=c1cccc(OC2C[C@@H](n3cc(F)c(=O)[nH]c3=O)O[C@H]2CO)[nH]1. The average molecular weight is 339 g/mol. The van der Waals surface area contributed by atoms with E-state index in [1.165, 1.54) is 18.2 Å². The number of nitrogens with one attached hydrogen (secondary N) is 2. The second kappa shape index (κ2) is 6.42. The zero-order chi connectivity index (χ0) is 17.3. The Morgan fingerprint density at radius 1 is 1.33 bits per heavy atom. The molecule has 0 saturated carbocycles. The van der Waals surface area contributed by atoms with Crippen LogP contribution in [0.2, 0.25) is 0 Å². The lowest BCUT2D eigenvalue weighted by Gasteiger charge is -2.17. The number of halogens is 1. The number of aliphatic hydroxyl groups excluding tert-OH is 1. The Kier molecular flexibility index (Phi) is 4.32. The molecule has 1 saturated heterocycles. The standard InChI is InChI=1S/C14H14FN3O6/c15-7-5-18(14(22)17-13(7)21)12-4-8(9(6-19)24-12)23-11-3-1-2-10(20)16-11/h1-3,5,8-9,12,19H,4,6H2,(H,16,20)(H,17,21,22)/t8?,9-,12-/m0/s1. The van der Waals surface area contributed by atoms with Crippen LogP contribution in [-0.4, -0.2) is 38.5 Å². The quantitative estimate of drug-likeness (QED) is 0.662. The molecular formula is C14H14FN3O6. The molecular weight excluding hydrogens is 325 g/mol. The zero-order valence-corrected chi connectivity index (χ0v) is 12.3. The summed E-state index contributed by atoms with van der Waals surface area (Å²) in [6.07, 6.45) is -1.55. The number of aromatic nitrogens is 3. The fourth-order valence-electron chi connectivity index (χ4n) is 2.49. The Labute approximate surface area is 133 Å². The molecule has 9 nitrogen and oxygen atoms in total. The van der Waals surface area contributed by atoms with Crippen LogP contribution in [0.1, 0.15) is 12.6 Å². The van der Waals surface area contributed by atoms with Crippen molar-refractivity contribution in [3.63, 3.8) is 0 Å². The van der Waals surface area contributed by atoms with Gasteiger partial charge in [0.2, 0.25) is 5.82 Å². The summed E-state index contributed by atoms with van der Waals surface area (Å²) in [5, 5.41) is 9.41. The number of nitrogens with zero attached hydrogens (tertiary/aromatic N) is 1. The van der Waals surface area contributed by atoms with Crippen LogP contribution in [0.15, 0.2) is 38.8 Å². The Morgan fingerprint density at radius 2 is 2.12 bits per heavy atom. The minimum Gasteiger partial charge on any atom is -0.473 e. The monoisotopic (exact) mass is 339 g/mol. The molecule has 0 bridgehead atoms. The van der Waals surface area contributed by atoms with Crippen LogP contribution in [0.4, 0.5) is 4.39 Å². The van der Waals surface area contributed by atoms with Crippen LogP contribution in [-0.2, 0) is 4.74 Å². The van der Waals surface area contributed by atoms with Crippen molar-refractivity contribution in [3.8, 4) is 5.88 Å². The van der Waals surface area contributed by atoms with E-state index in [0.29, 0.717) is 0 Å². The summed E-state index contributed by atoms with van der Waals surface area (Å²) in [6, 6.07) is 4.33. The Balaban J connectivity index is 1.84. The third kappa shape index (κ3) is 3.14. The number of aliphatic hydroxyl groups is 1. The van der Waals surface area contributed by atoms with Crippen molar-refractivity contribution in [1.82, 2.24) is 14.5 Å². The number of rotatable bonds is 4. The molecule has 2 aromatic rings. The van der Waals surface area contributed by atoms with Gasteiger partial charge in [0.15, 0.2) is 5.88 Å². The van der Waals surface area contributed by atoms with E-state index in [4.69, 9.17) is 9.47 Å². The van der Waals surface area contributed by atoms with E-state index < -0.39 is 42.1 Å². The van der Waals surface area contributed by atoms with Crippen LogP contribution in [0.5, 0.6) is 5.88 Å². The largest absolute Gasteiger partial charge is 0.473 e. The van der Waals surface area contributed by atoms with Gasteiger partial charge in [0.25, 0.3) is 11.1 Å². The molecule has 1 aliphatic heterocycles.